The predicted octanol–water partition coefficient (Wildman–Crippen LogP) is 0.554. The fourth-order valence-corrected chi connectivity index (χ4v) is 7.76. The number of rotatable bonds is 9. The molecule has 1 amide bonds. The SMILES string of the molecule is COc1ccc(NC(C)=O)cc1S(=O)(=O)N(CCCN1CCOCC1)[C@@H]1CCS(=O)(=O)C1. The molecule has 0 aromatic heterocycles. The van der Waals surface area contributed by atoms with Crippen molar-refractivity contribution in [2.24, 2.45) is 0 Å². The van der Waals surface area contributed by atoms with Gasteiger partial charge in [-0.05, 0) is 37.6 Å². The van der Waals surface area contributed by atoms with Gasteiger partial charge in [-0.2, -0.15) is 4.31 Å². The van der Waals surface area contributed by atoms with Crippen LogP contribution in [0.1, 0.15) is 19.8 Å². The van der Waals surface area contributed by atoms with Crippen molar-refractivity contribution in [2.45, 2.75) is 30.7 Å². The van der Waals surface area contributed by atoms with Gasteiger partial charge in [-0.3, -0.25) is 9.69 Å². The third-order valence-electron chi connectivity index (χ3n) is 5.64. The predicted molar refractivity (Wildman–Crippen MR) is 120 cm³/mol. The Kier molecular flexibility index (Phi) is 8.15. The zero-order chi connectivity index (χ0) is 23.4. The summed E-state index contributed by atoms with van der Waals surface area (Å²) >= 11 is 0. The van der Waals surface area contributed by atoms with E-state index in [2.05, 4.69) is 10.2 Å². The maximum Gasteiger partial charge on any atom is 0.247 e. The molecule has 12 heteroatoms. The molecule has 0 saturated carbocycles. The summed E-state index contributed by atoms with van der Waals surface area (Å²) in [5.74, 6) is -0.422. The lowest BCUT2D eigenvalue weighted by Gasteiger charge is -2.30. The molecule has 2 aliphatic rings. The van der Waals surface area contributed by atoms with E-state index in [0.29, 0.717) is 31.9 Å². The summed E-state index contributed by atoms with van der Waals surface area (Å²) in [4.78, 5) is 13.6. The molecule has 0 spiro atoms. The lowest BCUT2D eigenvalue weighted by molar-refractivity contribution is -0.114. The van der Waals surface area contributed by atoms with E-state index in [-0.39, 0.29) is 41.0 Å². The van der Waals surface area contributed by atoms with Crippen molar-refractivity contribution >= 4 is 31.5 Å². The van der Waals surface area contributed by atoms with Crippen LogP contribution in [0.5, 0.6) is 5.75 Å². The maximum atomic E-state index is 13.7. The number of nitrogens with one attached hydrogen (secondary N) is 1. The second kappa shape index (κ2) is 10.5. The standard InChI is InChI=1S/C20H31N3O7S2/c1-16(24)21-17-4-5-19(29-2)20(14-17)32(27,28)23(18-6-13-31(25,26)15-18)8-3-7-22-9-11-30-12-10-22/h4-5,14,18H,3,6-13,15H2,1-2H3,(H,21,24)/t18-/m1/s1. The van der Waals surface area contributed by atoms with Gasteiger partial charge in [0.05, 0.1) is 31.8 Å². The Balaban J connectivity index is 1.88. The summed E-state index contributed by atoms with van der Waals surface area (Å²) in [6.45, 7) is 5.09. The Morgan fingerprint density at radius 2 is 2.03 bits per heavy atom. The van der Waals surface area contributed by atoms with Gasteiger partial charge in [-0.25, -0.2) is 16.8 Å². The largest absolute Gasteiger partial charge is 0.495 e. The van der Waals surface area contributed by atoms with Crippen LogP contribution >= 0.6 is 0 Å². The van der Waals surface area contributed by atoms with Gasteiger partial charge in [0, 0.05) is 38.3 Å². The summed E-state index contributed by atoms with van der Waals surface area (Å²) in [6.07, 6.45) is 0.816. The average molecular weight is 490 g/mol. The Labute approximate surface area is 189 Å². The van der Waals surface area contributed by atoms with Crippen LogP contribution in [0, 0.1) is 0 Å². The van der Waals surface area contributed by atoms with Crippen LogP contribution < -0.4 is 10.1 Å². The Morgan fingerprint density at radius 3 is 2.62 bits per heavy atom. The number of nitrogens with zero attached hydrogens (tertiary/aromatic N) is 2. The number of amides is 1. The van der Waals surface area contributed by atoms with Crippen molar-refractivity contribution < 1.29 is 31.1 Å². The van der Waals surface area contributed by atoms with Gasteiger partial charge in [-0.1, -0.05) is 0 Å². The fourth-order valence-electron chi connectivity index (χ4n) is 4.06. The van der Waals surface area contributed by atoms with E-state index in [4.69, 9.17) is 9.47 Å². The highest BCUT2D eigenvalue weighted by Crippen LogP contribution is 2.33. The number of carbonyl (C=O) groups is 1. The number of sulfone groups is 1. The van der Waals surface area contributed by atoms with Crippen molar-refractivity contribution in [1.82, 2.24) is 9.21 Å². The average Bonchev–Trinajstić information content (AvgIpc) is 3.10. The summed E-state index contributed by atoms with van der Waals surface area (Å²) in [6, 6.07) is 3.76. The second-order valence-corrected chi connectivity index (χ2v) is 12.1. The zero-order valence-electron chi connectivity index (χ0n) is 18.4. The molecule has 3 rings (SSSR count). The van der Waals surface area contributed by atoms with Gasteiger partial charge < -0.3 is 14.8 Å². The van der Waals surface area contributed by atoms with E-state index in [1.54, 1.807) is 6.07 Å². The molecule has 1 aromatic carbocycles. The van der Waals surface area contributed by atoms with Gasteiger partial charge in [0.15, 0.2) is 9.84 Å². The van der Waals surface area contributed by atoms with Gasteiger partial charge in [0.1, 0.15) is 10.6 Å². The molecule has 2 fully saturated rings. The molecule has 0 bridgehead atoms. The number of hydrogen-bond acceptors (Lipinski definition) is 8. The zero-order valence-corrected chi connectivity index (χ0v) is 20.1. The van der Waals surface area contributed by atoms with Gasteiger partial charge in [0.25, 0.3) is 0 Å². The third kappa shape index (κ3) is 6.19. The summed E-state index contributed by atoms with van der Waals surface area (Å²) in [7, 11) is -6.01. The highest BCUT2D eigenvalue weighted by atomic mass is 32.2. The number of carbonyl (C=O) groups excluding carboxylic acids is 1. The summed E-state index contributed by atoms with van der Waals surface area (Å²) < 4.78 is 63.6. The number of sulfonamides is 1. The lowest BCUT2D eigenvalue weighted by Crippen LogP contribution is -2.43. The molecular weight excluding hydrogens is 458 g/mol. The summed E-state index contributed by atoms with van der Waals surface area (Å²) in [5.41, 5.74) is 0.323. The fraction of sp³-hybridized carbons (Fsp3) is 0.650. The highest BCUT2D eigenvalue weighted by Gasteiger charge is 2.39. The van der Waals surface area contributed by atoms with Gasteiger partial charge in [-0.15, -0.1) is 0 Å². The molecule has 1 N–H and O–H groups in total. The van der Waals surface area contributed by atoms with E-state index < -0.39 is 25.9 Å². The molecule has 2 heterocycles. The number of methoxy groups -OCH3 is 1. The monoisotopic (exact) mass is 489 g/mol. The van der Waals surface area contributed by atoms with E-state index >= 15 is 0 Å². The third-order valence-corrected chi connectivity index (χ3v) is 9.37. The van der Waals surface area contributed by atoms with E-state index in [1.807, 2.05) is 0 Å². The second-order valence-electron chi connectivity index (χ2n) is 8.03. The quantitative estimate of drug-likeness (QED) is 0.534. The van der Waals surface area contributed by atoms with Gasteiger partial charge >= 0.3 is 0 Å². The lowest BCUT2D eigenvalue weighted by atomic mass is 10.2. The van der Waals surface area contributed by atoms with Crippen LogP contribution in [-0.2, 0) is 29.4 Å². The van der Waals surface area contributed by atoms with Crippen molar-refractivity contribution in [3.8, 4) is 5.75 Å². The first-order chi connectivity index (χ1) is 15.1. The number of anilines is 1. The number of hydrogen-bond donors (Lipinski definition) is 1. The topological polar surface area (TPSA) is 122 Å². The molecule has 10 nitrogen and oxygen atoms in total. The molecule has 2 saturated heterocycles. The molecular formula is C20H31N3O7S2. The highest BCUT2D eigenvalue weighted by molar-refractivity contribution is 7.92. The maximum absolute atomic E-state index is 13.7. The number of ether oxygens (including phenoxy) is 2. The molecule has 0 unspecified atom stereocenters. The first kappa shape index (κ1) is 24.9. The molecule has 180 valence electrons. The van der Waals surface area contributed by atoms with E-state index in [1.165, 1.54) is 30.5 Å². The van der Waals surface area contributed by atoms with Crippen LogP contribution in [0.2, 0.25) is 0 Å². The smallest absolute Gasteiger partial charge is 0.247 e. The first-order valence-electron chi connectivity index (χ1n) is 10.6. The van der Waals surface area contributed by atoms with Crippen LogP contribution in [0.4, 0.5) is 5.69 Å². The van der Waals surface area contributed by atoms with Crippen LogP contribution in [0.3, 0.4) is 0 Å². The van der Waals surface area contributed by atoms with E-state index in [9.17, 15) is 21.6 Å². The molecule has 2 aliphatic heterocycles. The Hall–Kier alpha value is -1.73. The minimum absolute atomic E-state index is 0.0315. The van der Waals surface area contributed by atoms with Crippen molar-refractivity contribution in [3.63, 3.8) is 0 Å². The minimum atomic E-state index is -4.09. The molecule has 32 heavy (non-hydrogen) atoms. The molecule has 0 aliphatic carbocycles. The van der Waals surface area contributed by atoms with Crippen LogP contribution in [-0.4, -0.2) is 96.0 Å². The summed E-state index contributed by atoms with van der Waals surface area (Å²) in [5, 5.41) is 2.58. The molecule has 1 atom stereocenters. The van der Waals surface area contributed by atoms with Crippen molar-refractivity contribution in [1.29, 1.82) is 0 Å². The van der Waals surface area contributed by atoms with Crippen LogP contribution in [0.15, 0.2) is 23.1 Å². The molecule has 0 radical (unpaired) electrons. The van der Waals surface area contributed by atoms with Crippen LogP contribution in [0.25, 0.3) is 0 Å². The van der Waals surface area contributed by atoms with Crippen molar-refractivity contribution in [2.75, 3.05) is 63.3 Å². The minimum Gasteiger partial charge on any atom is -0.495 e. The number of morpholine rings is 1. The van der Waals surface area contributed by atoms with E-state index in [0.717, 1.165) is 13.1 Å². The Morgan fingerprint density at radius 1 is 1.31 bits per heavy atom. The van der Waals surface area contributed by atoms with Gasteiger partial charge in [0.2, 0.25) is 15.9 Å². The Bertz CT molecular complexity index is 1020. The first-order valence-corrected chi connectivity index (χ1v) is 13.9. The number of benzene rings is 1. The normalized spacial score (nSPS) is 21.5. The van der Waals surface area contributed by atoms with Crippen molar-refractivity contribution in [3.05, 3.63) is 18.2 Å². The molecule has 1 aromatic rings.